The zero-order chi connectivity index (χ0) is 16.9. The number of rotatable bonds is 5. The predicted octanol–water partition coefficient (Wildman–Crippen LogP) is 3.99. The van der Waals surface area contributed by atoms with E-state index in [4.69, 9.17) is 0 Å². The lowest BCUT2D eigenvalue weighted by Crippen LogP contribution is -2.06. The van der Waals surface area contributed by atoms with E-state index in [9.17, 15) is 8.78 Å². The molecule has 0 saturated heterocycles. The number of hydrogen-bond acceptors (Lipinski definition) is 5. The average Bonchev–Trinajstić information content (AvgIpc) is 2.59. The summed E-state index contributed by atoms with van der Waals surface area (Å²) in [5.74, 6) is -0.363. The maximum atomic E-state index is 13.8. The Balaban J connectivity index is 2.00. The standard InChI is InChI=1S/C17H15F2N5/c1-2-21-17-23-14(11-4-3-7-20-10-11)9-16(24-17)22-15-8-12(18)5-6-13(15)19/h3-10H,2H2,1H3,(H2,21,22,23,24). The third-order valence-electron chi connectivity index (χ3n) is 3.21. The molecule has 5 nitrogen and oxygen atoms in total. The minimum absolute atomic E-state index is 0.00767. The SMILES string of the molecule is CCNc1nc(Nc2cc(F)ccc2F)cc(-c2cccnc2)n1. The molecule has 0 fully saturated rings. The highest BCUT2D eigenvalue weighted by molar-refractivity contribution is 5.67. The van der Waals surface area contributed by atoms with Crippen LogP contribution in [0.15, 0.2) is 48.8 Å². The molecule has 0 radical (unpaired) electrons. The molecule has 0 aliphatic heterocycles. The van der Waals surface area contributed by atoms with Crippen molar-refractivity contribution >= 4 is 17.5 Å². The molecule has 2 N–H and O–H groups in total. The summed E-state index contributed by atoms with van der Waals surface area (Å²) < 4.78 is 27.2. The Bertz CT molecular complexity index is 840. The molecule has 122 valence electrons. The molecule has 0 saturated carbocycles. The first-order valence-electron chi connectivity index (χ1n) is 7.41. The van der Waals surface area contributed by atoms with Crippen LogP contribution in [-0.2, 0) is 0 Å². The molecule has 0 aliphatic rings. The molecule has 1 aromatic carbocycles. The van der Waals surface area contributed by atoms with E-state index in [0.29, 0.717) is 24.0 Å². The highest BCUT2D eigenvalue weighted by Crippen LogP contribution is 2.24. The minimum atomic E-state index is -0.567. The first-order chi connectivity index (χ1) is 11.7. The molecule has 0 aliphatic carbocycles. The quantitative estimate of drug-likeness (QED) is 0.742. The molecular weight excluding hydrogens is 312 g/mol. The summed E-state index contributed by atoms with van der Waals surface area (Å²) >= 11 is 0. The van der Waals surface area contributed by atoms with Gasteiger partial charge in [0.15, 0.2) is 0 Å². The van der Waals surface area contributed by atoms with Gasteiger partial charge in [0.1, 0.15) is 17.5 Å². The normalized spacial score (nSPS) is 10.5. The highest BCUT2D eigenvalue weighted by atomic mass is 19.1. The van der Waals surface area contributed by atoms with Crippen LogP contribution in [0.4, 0.5) is 26.2 Å². The van der Waals surface area contributed by atoms with Gasteiger partial charge in [0.25, 0.3) is 0 Å². The Morgan fingerprint density at radius 3 is 2.71 bits per heavy atom. The Morgan fingerprint density at radius 1 is 1.08 bits per heavy atom. The Kier molecular flexibility index (Phi) is 4.60. The minimum Gasteiger partial charge on any atom is -0.354 e. The Labute approximate surface area is 137 Å². The summed E-state index contributed by atoms with van der Waals surface area (Å²) in [6.45, 7) is 2.55. The largest absolute Gasteiger partial charge is 0.354 e. The van der Waals surface area contributed by atoms with Crippen molar-refractivity contribution in [2.24, 2.45) is 0 Å². The highest BCUT2D eigenvalue weighted by Gasteiger charge is 2.09. The van der Waals surface area contributed by atoms with E-state index in [2.05, 4.69) is 25.6 Å². The van der Waals surface area contributed by atoms with E-state index in [1.165, 1.54) is 0 Å². The van der Waals surface area contributed by atoms with E-state index in [1.807, 2.05) is 13.0 Å². The third-order valence-corrected chi connectivity index (χ3v) is 3.21. The molecule has 2 aromatic heterocycles. The fourth-order valence-electron chi connectivity index (χ4n) is 2.14. The Morgan fingerprint density at radius 2 is 1.96 bits per heavy atom. The van der Waals surface area contributed by atoms with Crippen molar-refractivity contribution in [3.05, 3.63) is 60.4 Å². The molecule has 2 heterocycles. The summed E-state index contributed by atoms with van der Waals surface area (Å²) in [5, 5.41) is 5.81. The number of halogens is 2. The molecular formula is C17H15F2N5. The maximum Gasteiger partial charge on any atom is 0.225 e. The van der Waals surface area contributed by atoms with Crippen LogP contribution < -0.4 is 10.6 Å². The number of nitrogens with zero attached hydrogens (tertiary/aromatic N) is 3. The predicted molar refractivity (Wildman–Crippen MR) is 89.1 cm³/mol. The van der Waals surface area contributed by atoms with Crippen molar-refractivity contribution in [2.45, 2.75) is 6.92 Å². The van der Waals surface area contributed by atoms with E-state index >= 15 is 0 Å². The first-order valence-corrected chi connectivity index (χ1v) is 7.41. The summed E-state index contributed by atoms with van der Waals surface area (Å²) in [6.07, 6.45) is 3.34. The zero-order valence-corrected chi connectivity index (χ0v) is 12.9. The monoisotopic (exact) mass is 327 g/mol. The number of hydrogen-bond donors (Lipinski definition) is 2. The van der Waals surface area contributed by atoms with Gasteiger partial charge in [-0.15, -0.1) is 0 Å². The number of aromatic nitrogens is 3. The second kappa shape index (κ2) is 6.99. The lowest BCUT2D eigenvalue weighted by Gasteiger charge is -2.11. The van der Waals surface area contributed by atoms with Crippen LogP contribution in [0.3, 0.4) is 0 Å². The summed E-state index contributed by atoms with van der Waals surface area (Å²) in [4.78, 5) is 12.7. The van der Waals surface area contributed by atoms with Gasteiger partial charge in [-0.25, -0.2) is 13.8 Å². The molecule has 0 bridgehead atoms. The Hall–Kier alpha value is -3.09. The maximum absolute atomic E-state index is 13.8. The molecule has 0 spiro atoms. The van der Waals surface area contributed by atoms with Crippen molar-refractivity contribution in [1.82, 2.24) is 15.0 Å². The van der Waals surface area contributed by atoms with Crippen molar-refractivity contribution in [2.75, 3.05) is 17.2 Å². The summed E-state index contributed by atoms with van der Waals surface area (Å²) in [5.41, 5.74) is 1.42. The van der Waals surface area contributed by atoms with Gasteiger partial charge in [0.2, 0.25) is 5.95 Å². The smallest absolute Gasteiger partial charge is 0.225 e. The van der Waals surface area contributed by atoms with E-state index < -0.39 is 11.6 Å². The lowest BCUT2D eigenvalue weighted by atomic mass is 10.2. The van der Waals surface area contributed by atoms with Gasteiger partial charge in [0, 0.05) is 36.6 Å². The average molecular weight is 327 g/mol. The molecule has 7 heteroatoms. The van der Waals surface area contributed by atoms with Gasteiger partial charge in [-0.3, -0.25) is 4.98 Å². The molecule has 0 amide bonds. The second-order valence-corrected chi connectivity index (χ2v) is 4.98. The van der Waals surface area contributed by atoms with Gasteiger partial charge in [0.05, 0.1) is 11.4 Å². The van der Waals surface area contributed by atoms with Gasteiger partial charge < -0.3 is 10.6 Å². The number of nitrogens with one attached hydrogen (secondary N) is 2. The van der Waals surface area contributed by atoms with Crippen LogP contribution in [0.1, 0.15) is 6.92 Å². The van der Waals surface area contributed by atoms with E-state index in [1.54, 1.807) is 24.5 Å². The fraction of sp³-hybridized carbons (Fsp3) is 0.118. The molecule has 0 unspecified atom stereocenters. The first kappa shape index (κ1) is 15.8. The molecule has 3 rings (SSSR count). The fourth-order valence-corrected chi connectivity index (χ4v) is 2.14. The van der Waals surface area contributed by atoms with Crippen LogP contribution >= 0.6 is 0 Å². The van der Waals surface area contributed by atoms with E-state index in [-0.39, 0.29) is 5.69 Å². The lowest BCUT2D eigenvalue weighted by molar-refractivity contribution is 0.603. The van der Waals surface area contributed by atoms with Crippen LogP contribution in [0.25, 0.3) is 11.3 Å². The number of anilines is 3. The van der Waals surface area contributed by atoms with Crippen LogP contribution in [-0.4, -0.2) is 21.5 Å². The van der Waals surface area contributed by atoms with Gasteiger partial charge in [-0.1, -0.05) is 0 Å². The van der Waals surface area contributed by atoms with Crippen molar-refractivity contribution in [3.63, 3.8) is 0 Å². The van der Waals surface area contributed by atoms with Crippen LogP contribution in [0, 0.1) is 11.6 Å². The van der Waals surface area contributed by atoms with Crippen molar-refractivity contribution in [1.29, 1.82) is 0 Å². The zero-order valence-electron chi connectivity index (χ0n) is 12.9. The molecule has 0 atom stereocenters. The molecule has 24 heavy (non-hydrogen) atoms. The van der Waals surface area contributed by atoms with Crippen LogP contribution in [0.5, 0.6) is 0 Å². The third kappa shape index (κ3) is 3.62. The second-order valence-electron chi connectivity index (χ2n) is 4.98. The summed E-state index contributed by atoms with van der Waals surface area (Å²) in [7, 11) is 0. The molecule has 3 aromatic rings. The van der Waals surface area contributed by atoms with Crippen LogP contribution in [0.2, 0.25) is 0 Å². The topological polar surface area (TPSA) is 62.7 Å². The van der Waals surface area contributed by atoms with E-state index in [0.717, 1.165) is 23.8 Å². The van der Waals surface area contributed by atoms with Gasteiger partial charge >= 0.3 is 0 Å². The summed E-state index contributed by atoms with van der Waals surface area (Å²) in [6, 6.07) is 8.51. The van der Waals surface area contributed by atoms with Gasteiger partial charge in [-0.2, -0.15) is 4.98 Å². The number of benzene rings is 1. The number of pyridine rings is 1. The van der Waals surface area contributed by atoms with Crippen molar-refractivity contribution in [3.8, 4) is 11.3 Å². The van der Waals surface area contributed by atoms with Gasteiger partial charge in [-0.05, 0) is 31.2 Å². The van der Waals surface area contributed by atoms with Crippen molar-refractivity contribution < 1.29 is 8.78 Å².